The fourth-order valence-electron chi connectivity index (χ4n) is 2.70. The van der Waals surface area contributed by atoms with Gasteiger partial charge in [0.25, 0.3) is 0 Å². The van der Waals surface area contributed by atoms with Crippen LogP contribution >= 0.6 is 0 Å². The van der Waals surface area contributed by atoms with Crippen LogP contribution in [0, 0.1) is 0 Å². The molecule has 0 radical (unpaired) electrons. The third-order valence-electron chi connectivity index (χ3n) is 4.00. The van der Waals surface area contributed by atoms with Crippen molar-refractivity contribution in [3.05, 3.63) is 35.9 Å². The predicted octanol–water partition coefficient (Wildman–Crippen LogP) is 3.85. The van der Waals surface area contributed by atoms with Crippen molar-refractivity contribution in [2.24, 2.45) is 0 Å². The first kappa shape index (κ1) is 17.7. The van der Waals surface area contributed by atoms with Gasteiger partial charge in [-0.25, -0.2) is 0 Å². The maximum atomic E-state index is 9.37. The molecular weight excluding hydrogens is 290 g/mol. The molecular formula is C18H27N3O2. The summed E-state index contributed by atoms with van der Waals surface area (Å²) in [5, 5.41) is 0. The molecule has 2 unspecified atom stereocenters. The summed E-state index contributed by atoms with van der Waals surface area (Å²) in [7, 11) is 0. The normalized spacial score (nSPS) is 20.8. The number of anilines is 1. The lowest BCUT2D eigenvalue weighted by Crippen LogP contribution is -2.41. The van der Waals surface area contributed by atoms with E-state index < -0.39 is 0 Å². The van der Waals surface area contributed by atoms with Crippen LogP contribution in [0.1, 0.15) is 46.0 Å². The standard InChI is InChI=1S/C18H27N3O2/c1-3-5-12-22-17-14-16(20-19)18(23-13-6-4-2)21(17)15-10-8-7-9-11-15/h7-11,17-18H,3-6,12-14H2,1-2H3. The minimum absolute atomic E-state index is 0.151. The number of unbranched alkanes of at least 4 members (excludes halogenated alkanes) is 2. The Hall–Kier alpha value is -1.68. The van der Waals surface area contributed by atoms with Crippen molar-refractivity contribution in [2.75, 3.05) is 18.1 Å². The molecule has 1 aliphatic rings. The SMILES string of the molecule is CCCCOC1CC(=[N+]=[N-])C(OCCCC)N1c1ccccc1. The zero-order valence-electron chi connectivity index (χ0n) is 14.1. The lowest BCUT2D eigenvalue weighted by atomic mass is 10.3. The monoisotopic (exact) mass is 317 g/mol. The maximum absolute atomic E-state index is 9.37. The van der Waals surface area contributed by atoms with E-state index in [1.54, 1.807) is 0 Å². The molecule has 1 heterocycles. The van der Waals surface area contributed by atoms with E-state index in [4.69, 9.17) is 9.47 Å². The van der Waals surface area contributed by atoms with Gasteiger partial charge in [0.1, 0.15) is 6.23 Å². The van der Waals surface area contributed by atoms with Crippen molar-refractivity contribution >= 4 is 11.4 Å². The number of hydrogen-bond donors (Lipinski definition) is 0. The quantitative estimate of drug-likeness (QED) is 0.395. The number of ether oxygens (including phenoxy) is 2. The molecule has 1 saturated heterocycles. The molecule has 23 heavy (non-hydrogen) atoms. The van der Waals surface area contributed by atoms with Crippen molar-refractivity contribution in [3.8, 4) is 0 Å². The number of hydrogen-bond acceptors (Lipinski definition) is 3. The summed E-state index contributed by atoms with van der Waals surface area (Å²) < 4.78 is 12.0. The van der Waals surface area contributed by atoms with Gasteiger partial charge in [0.15, 0.2) is 0 Å². The molecule has 0 saturated carbocycles. The van der Waals surface area contributed by atoms with E-state index in [0.717, 1.165) is 31.4 Å². The van der Waals surface area contributed by atoms with E-state index in [1.165, 1.54) is 0 Å². The van der Waals surface area contributed by atoms with Crippen LogP contribution in [-0.4, -0.2) is 36.2 Å². The molecule has 1 aromatic rings. The minimum atomic E-state index is -0.361. The summed E-state index contributed by atoms with van der Waals surface area (Å²) >= 11 is 0. The Morgan fingerprint density at radius 2 is 1.74 bits per heavy atom. The van der Waals surface area contributed by atoms with Crippen LogP contribution in [0.3, 0.4) is 0 Å². The first-order valence-corrected chi connectivity index (χ1v) is 8.59. The van der Waals surface area contributed by atoms with Crippen LogP contribution in [0.25, 0.3) is 5.53 Å². The highest BCUT2D eigenvalue weighted by atomic mass is 16.5. The maximum Gasteiger partial charge on any atom is 0.322 e. The smallest absolute Gasteiger partial charge is 0.322 e. The van der Waals surface area contributed by atoms with Crippen molar-refractivity contribution < 1.29 is 14.3 Å². The highest BCUT2D eigenvalue weighted by Gasteiger charge is 2.45. The number of nitrogens with zero attached hydrogens (tertiary/aromatic N) is 3. The van der Waals surface area contributed by atoms with E-state index in [0.29, 0.717) is 25.3 Å². The van der Waals surface area contributed by atoms with Crippen LogP contribution < -0.4 is 4.90 Å². The topological polar surface area (TPSA) is 58.1 Å². The Labute approximate surface area is 138 Å². The fourth-order valence-corrected chi connectivity index (χ4v) is 2.70. The molecule has 0 aliphatic carbocycles. The average molecular weight is 317 g/mol. The third kappa shape index (κ3) is 4.64. The first-order valence-electron chi connectivity index (χ1n) is 8.59. The van der Waals surface area contributed by atoms with Gasteiger partial charge in [0.2, 0.25) is 6.23 Å². The van der Waals surface area contributed by atoms with E-state index >= 15 is 0 Å². The van der Waals surface area contributed by atoms with Gasteiger partial charge in [-0.1, -0.05) is 44.9 Å². The summed E-state index contributed by atoms with van der Waals surface area (Å²) in [5.41, 5.74) is 11.0. The lowest BCUT2D eigenvalue weighted by molar-refractivity contribution is -0.0288. The Morgan fingerprint density at radius 3 is 2.35 bits per heavy atom. The molecule has 1 aliphatic heterocycles. The number of para-hydroxylation sites is 1. The molecule has 126 valence electrons. The fraction of sp³-hybridized carbons (Fsp3) is 0.611. The summed E-state index contributed by atoms with van der Waals surface area (Å²) in [5.74, 6) is 0. The van der Waals surface area contributed by atoms with Crippen LogP contribution in [0.15, 0.2) is 30.3 Å². The van der Waals surface area contributed by atoms with Crippen molar-refractivity contribution in [1.82, 2.24) is 0 Å². The van der Waals surface area contributed by atoms with E-state index in [-0.39, 0.29) is 12.5 Å². The first-order chi connectivity index (χ1) is 11.3. The summed E-state index contributed by atoms with van der Waals surface area (Å²) in [4.78, 5) is 5.56. The van der Waals surface area contributed by atoms with Gasteiger partial charge in [-0.05, 0) is 25.0 Å². The largest absolute Gasteiger partial charge is 0.361 e. The average Bonchev–Trinajstić information content (AvgIpc) is 2.94. The number of rotatable bonds is 9. The third-order valence-corrected chi connectivity index (χ3v) is 4.00. The molecule has 2 atom stereocenters. The van der Waals surface area contributed by atoms with Gasteiger partial charge in [-0.3, -0.25) is 0 Å². The van der Waals surface area contributed by atoms with E-state index in [1.807, 2.05) is 30.3 Å². The summed E-state index contributed by atoms with van der Waals surface area (Å²) in [6.07, 6.45) is 4.22. The second-order valence-corrected chi connectivity index (χ2v) is 5.79. The highest BCUT2D eigenvalue weighted by molar-refractivity contribution is 5.90. The van der Waals surface area contributed by atoms with Gasteiger partial charge >= 0.3 is 5.71 Å². The molecule has 0 bridgehead atoms. The van der Waals surface area contributed by atoms with E-state index in [9.17, 15) is 5.53 Å². The molecule has 0 amide bonds. The van der Waals surface area contributed by atoms with E-state index in [2.05, 4.69) is 23.5 Å². The molecule has 1 fully saturated rings. The van der Waals surface area contributed by atoms with Crippen molar-refractivity contribution in [1.29, 1.82) is 0 Å². The van der Waals surface area contributed by atoms with Gasteiger partial charge < -0.3 is 19.9 Å². The molecule has 2 rings (SSSR count). The van der Waals surface area contributed by atoms with Gasteiger partial charge in [-0.15, -0.1) is 0 Å². The van der Waals surface area contributed by atoms with Crippen LogP contribution in [0.2, 0.25) is 0 Å². The van der Waals surface area contributed by atoms with Crippen LogP contribution in [-0.2, 0) is 9.47 Å². The van der Waals surface area contributed by atoms with Crippen LogP contribution in [0.4, 0.5) is 5.69 Å². The minimum Gasteiger partial charge on any atom is -0.361 e. The van der Waals surface area contributed by atoms with Crippen LogP contribution in [0.5, 0.6) is 0 Å². The highest BCUT2D eigenvalue weighted by Crippen LogP contribution is 2.30. The van der Waals surface area contributed by atoms with Crippen molar-refractivity contribution in [3.63, 3.8) is 0 Å². The second kappa shape index (κ2) is 9.46. The molecule has 5 nitrogen and oxygen atoms in total. The molecule has 0 spiro atoms. The lowest BCUT2D eigenvalue weighted by Gasteiger charge is -2.30. The Kier molecular flexibility index (Phi) is 7.27. The Bertz CT molecular complexity index is 514. The zero-order valence-corrected chi connectivity index (χ0v) is 14.1. The van der Waals surface area contributed by atoms with Gasteiger partial charge in [0, 0.05) is 18.9 Å². The molecule has 0 aromatic heterocycles. The zero-order chi connectivity index (χ0) is 16.5. The summed E-state index contributed by atoms with van der Waals surface area (Å²) in [6.45, 7) is 5.62. The van der Waals surface area contributed by atoms with Gasteiger partial charge in [-0.2, -0.15) is 4.79 Å². The van der Waals surface area contributed by atoms with Crippen molar-refractivity contribution in [2.45, 2.75) is 58.4 Å². The Balaban J connectivity index is 2.19. The summed E-state index contributed by atoms with van der Waals surface area (Å²) in [6, 6.07) is 10.0. The molecule has 5 heteroatoms. The molecule has 0 N–H and O–H groups in total. The predicted molar refractivity (Wildman–Crippen MR) is 91.5 cm³/mol. The Morgan fingerprint density at radius 1 is 1.09 bits per heavy atom. The van der Waals surface area contributed by atoms with Gasteiger partial charge in [0.05, 0.1) is 6.42 Å². The second-order valence-electron chi connectivity index (χ2n) is 5.79. The molecule has 1 aromatic carbocycles. The number of benzene rings is 1.